The van der Waals surface area contributed by atoms with E-state index in [4.69, 9.17) is 11.6 Å². The maximum absolute atomic E-state index is 12.8. The summed E-state index contributed by atoms with van der Waals surface area (Å²) in [6, 6.07) is 3.05. The van der Waals surface area contributed by atoms with Crippen molar-refractivity contribution in [3.8, 4) is 0 Å². The normalized spacial score (nSPS) is 18.5. The monoisotopic (exact) mass is 456 g/mol. The van der Waals surface area contributed by atoms with Crippen LogP contribution in [0.3, 0.4) is 0 Å². The van der Waals surface area contributed by atoms with Gasteiger partial charge in [-0.2, -0.15) is 18.3 Å². The molecule has 1 aliphatic heterocycles. The molecule has 1 amide bonds. The molecule has 0 aromatic carbocycles. The van der Waals surface area contributed by atoms with Crippen LogP contribution in [0.1, 0.15) is 37.3 Å². The van der Waals surface area contributed by atoms with Crippen LogP contribution < -0.4 is 10.2 Å². The van der Waals surface area contributed by atoms with E-state index in [0.29, 0.717) is 38.0 Å². The highest BCUT2D eigenvalue weighted by molar-refractivity contribution is 6.33. The number of anilines is 2. The molecule has 2 fully saturated rings. The smallest absolute Gasteiger partial charge is 0.353 e. The number of amides is 1. The fourth-order valence-corrected chi connectivity index (χ4v) is 4.46. The molecule has 4 rings (SSSR count). The van der Waals surface area contributed by atoms with E-state index in [-0.39, 0.29) is 17.5 Å². The largest absolute Gasteiger partial charge is 0.417 e. The van der Waals surface area contributed by atoms with Gasteiger partial charge >= 0.3 is 6.18 Å². The number of nitrogens with zero attached hydrogens (tertiary/aromatic N) is 5. The van der Waals surface area contributed by atoms with Crippen molar-refractivity contribution < 1.29 is 18.0 Å². The van der Waals surface area contributed by atoms with Crippen LogP contribution in [0.5, 0.6) is 0 Å². The minimum absolute atomic E-state index is 0.0267. The van der Waals surface area contributed by atoms with E-state index in [1.165, 1.54) is 12.8 Å². The second-order valence-electron chi connectivity index (χ2n) is 7.94. The SMILES string of the molecule is O=C(CN1CCN(c2ncc(C(F)(F)F)cc2Cl)CC1)Nc1ccnn1C1CCCC1. The number of carbonyl (C=O) groups excluding carboxylic acids is 1. The maximum atomic E-state index is 12.8. The van der Waals surface area contributed by atoms with E-state index in [1.54, 1.807) is 6.20 Å². The van der Waals surface area contributed by atoms with Gasteiger partial charge in [-0.15, -0.1) is 0 Å². The molecule has 0 bridgehead atoms. The first-order valence-electron chi connectivity index (χ1n) is 10.3. The summed E-state index contributed by atoms with van der Waals surface area (Å²) in [5.74, 6) is 0.939. The van der Waals surface area contributed by atoms with Crippen molar-refractivity contribution in [2.75, 3.05) is 42.9 Å². The lowest BCUT2D eigenvalue weighted by molar-refractivity contribution is -0.137. The second-order valence-corrected chi connectivity index (χ2v) is 8.35. The Morgan fingerprint density at radius 2 is 1.90 bits per heavy atom. The van der Waals surface area contributed by atoms with E-state index < -0.39 is 11.7 Å². The summed E-state index contributed by atoms with van der Waals surface area (Å²) >= 11 is 6.05. The van der Waals surface area contributed by atoms with Crippen LogP contribution in [-0.2, 0) is 11.0 Å². The highest BCUT2D eigenvalue weighted by Crippen LogP contribution is 2.34. The number of aromatic nitrogens is 3. The van der Waals surface area contributed by atoms with Crippen LogP contribution in [0.25, 0.3) is 0 Å². The molecule has 0 radical (unpaired) electrons. The standard InChI is InChI=1S/C20H24ClF3N6O/c21-16-11-14(20(22,23)24)12-25-19(16)29-9-7-28(8-10-29)13-18(31)27-17-5-6-26-30(17)15-3-1-2-4-15/h5-6,11-12,15H,1-4,7-10,13H2,(H,27,31). The van der Waals surface area contributed by atoms with E-state index in [2.05, 4.69) is 15.4 Å². The number of pyridine rings is 1. The molecule has 2 aromatic heterocycles. The molecule has 7 nitrogen and oxygen atoms in total. The molecule has 1 aliphatic carbocycles. The molecule has 0 unspecified atom stereocenters. The van der Waals surface area contributed by atoms with Gasteiger partial charge in [-0.05, 0) is 18.9 Å². The number of hydrogen-bond donors (Lipinski definition) is 1. The van der Waals surface area contributed by atoms with Gasteiger partial charge in [0.15, 0.2) is 0 Å². The fourth-order valence-electron chi connectivity index (χ4n) is 4.17. The Morgan fingerprint density at radius 1 is 1.19 bits per heavy atom. The first-order chi connectivity index (χ1) is 14.8. The molecule has 1 N–H and O–H groups in total. The lowest BCUT2D eigenvalue weighted by Gasteiger charge is -2.35. The third-order valence-electron chi connectivity index (χ3n) is 5.80. The molecular weight excluding hydrogens is 433 g/mol. The van der Waals surface area contributed by atoms with Crippen molar-refractivity contribution in [3.63, 3.8) is 0 Å². The predicted molar refractivity (Wildman–Crippen MR) is 111 cm³/mol. The molecule has 1 saturated carbocycles. The molecule has 31 heavy (non-hydrogen) atoms. The van der Waals surface area contributed by atoms with Crippen LogP contribution in [0.4, 0.5) is 24.8 Å². The Kier molecular flexibility index (Phi) is 6.38. The topological polar surface area (TPSA) is 66.3 Å². The minimum Gasteiger partial charge on any atom is -0.353 e. The summed E-state index contributed by atoms with van der Waals surface area (Å²) in [6.45, 7) is 2.43. The van der Waals surface area contributed by atoms with Gasteiger partial charge in [0.25, 0.3) is 0 Å². The number of nitrogens with one attached hydrogen (secondary N) is 1. The summed E-state index contributed by atoms with van der Waals surface area (Å²) in [5, 5.41) is 7.29. The second kappa shape index (κ2) is 9.04. The Morgan fingerprint density at radius 3 is 2.55 bits per heavy atom. The van der Waals surface area contributed by atoms with Gasteiger partial charge in [-0.25, -0.2) is 9.67 Å². The maximum Gasteiger partial charge on any atom is 0.417 e. The summed E-state index contributed by atoms with van der Waals surface area (Å²) in [6.07, 6.45) is 2.54. The first-order valence-corrected chi connectivity index (χ1v) is 10.7. The molecule has 3 heterocycles. The van der Waals surface area contributed by atoms with Gasteiger partial charge in [0.1, 0.15) is 11.6 Å². The zero-order valence-corrected chi connectivity index (χ0v) is 17.7. The fraction of sp³-hybridized carbons (Fsp3) is 0.550. The van der Waals surface area contributed by atoms with Gasteiger partial charge < -0.3 is 10.2 Å². The van der Waals surface area contributed by atoms with Gasteiger partial charge in [0.2, 0.25) is 5.91 Å². The van der Waals surface area contributed by atoms with Crippen molar-refractivity contribution in [3.05, 3.63) is 35.1 Å². The Hall–Kier alpha value is -2.33. The van der Waals surface area contributed by atoms with Crippen molar-refractivity contribution in [2.45, 2.75) is 37.9 Å². The number of hydrogen-bond acceptors (Lipinski definition) is 5. The predicted octanol–water partition coefficient (Wildman–Crippen LogP) is 3.83. The van der Waals surface area contributed by atoms with Crippen molar-refractivity contribution in [1.82, 2.24) is 19.7 Å². The third-order valence-corrected chi connectivity index (χ3v) is 6.07. The highest BCUT2D eigenvalue weighted by atomic mass is 35.5. The summed E-state index contributed by atoms with van der Waals surface area (Å²) < 4.78 is 40.3. The van der Waals surface area contributed by atoms with Gasteiger partial charge in [-0.3, -0.25) is 9.69 Å². The van der Waals surface area contributed by atoms with Crippen molar-refractivity contribution >= 4 is 29.1 Å². The molecule has 1 saturated heterocycles. The Labute approximate surface area is 183 Å². The number of carbonyl (C=O) groups is 1. The first kappa shape index (κ1) is 21.9. The van der Waals surface area contributed by atoms with Gasteiger partial charge in [-0.1, -0.05) is 24.4 Å². The number of piperazine rings is 1. The number of rotatable bonds is 5. The summed E-state index contributed by atoms with van der Waals surface area (Å²) in [4.78, 5) is 20.3. The molecule has 0 atom stereocenters. The average molecular weight is 457 g/mol. The van der Waals surface area contributed by atoms with E-state index in [1.807, 2.05) is 20.5 Å². The summed E-state index contributed by atoms with van der Waals surface area (Å²) in [7, 11) is 0. The highest BCUT2D eigenvalue weighted by Gasteiger charge is 2.32. The number of halogens is 4. The Balaban J connectivity index is 1.30. The molecule has 2 aliphatic rings. The molecular formula is C20H24ClF3N6O. The zero-order valence-electron chi connectivity index (χ0n) is 16.9. The quantitative estimate of drug-likeness (QED) is 0.740. The van der Waals surface area contributed by atoms with Crippen LogP contribution in [0, 0.1) is 0 Å². The van der Waals surface area contributed by atoms with Crippen LogP contribution in [0.2, 0.25) is 5.02 Å². The third kappa shape index (κ3) is 5.12. The molecule has 11 heteroatoms. The van der Waals surface area contributed by atoms with Crippen LogP contribution in [0.15, 0.2) is 24.5 Å². The van der Waals surface area contributed by atoms with Gasteiger partial charge in [0.05, 0.1) is 29.4 Å². The van der Waals surface area contributed by atoms with E-state index in [0.717, 1.165) is 30.9 Å². The zero-order chi connectivity index (χ0) is 22.0. The minimum atomic E-state index is -4.48. The Bertz CT molecular complexity index is 920. The van der Waals surface area contributed by atoms with E-state index >= 15 is 0 Å². The molecule has 0 spiro atoms. The molecule has 168 valence electrons. The van der Waals surface area contributed by atoms with E-state index in [9.17, 15) is 18.0 Å². The lowest BCUT2D eigenvalue weighted by Crippen LogP contribution is -2.49. The van der Waals surface area contributed by atoms with Crippen molar-refractivity contribution in [1.29, 1.82) is 0 Å². The van der Waals surface area contributed by atoms with Crippen LogP contribution in [-0.4, -0.2) is 58.3 Å². The number of alkyl halides is 3. The van der Waals surface area contributed by atoms with Crippen molar-refractivity contribution in [2.24, 2.45) is 0 Å². The summed E-state index contributed by atoms with van der Waals surface area (Å²) in [5.41, 5.74) is -0.867. The van der Waals surface area contributed by atoms with Gasteiger partial charge in [0, 0.05) is 38.4 Å². The lowest BCUT2D eigenvalue weighted by atomic mass is 10.2. The molecule has 2 aromatic rings. The van der Waals surface area contributed by atoms with Crippen LogP contribution >= 0.6 is 11.6 Å². The average Bonchev–Trinajstić information content (AvgIpc) is 3.39.